The smallest absolute Gasteiger partial charge is 0.329 e. The largest absolute Gasteiger partial charge is 0.354 e. The first-order chi connectivity index (χ1) is 7.28. The molecule has 0 aromatic rings. The van der Waals surface area contributed by atoms with Gasteiger partial charge in [-0.2, -0.15) is 13.8 Å². The predicted molar refractivity (Wildman–Crippen MR) is 58.0 cm³/mol. The van der Waals surface area contributed by atoms with Crippen LogP contribution in [-0.2, 0) is 10.1 Å². The maximum Gasteiger partial charge on any atom is 0.354 e. The second kappa shape index (κ2) is 9.27. The van der Waals surface area contributed by atoms with E-state index in [-0.39, 0.29) is 12.3 Å². The van der Waals surface area contributed by atoms with E-state index in [1.165, 1.54) is 0 Å². The summed E-state index contributed by atoms with van der Waals surface area (Å²) in [6.07, 6.45) is 0. The highest BCUT2D eigenvalue weighted by Crippen LogP contribution is 1.91. The normalized spacial score (nSPS) is 9.75. The lowest BCUT2D eigenvalue weighted by Crippen LogP contribution is -2.29. The quantitative estimate of drug-likeness (QED) is 0.278. The Hall–Kier alpha value is -0.970. The van der Waals surface area contributed by atoms with Crippen molar-refractivity contribution in [2.24, 2.45) is 11.0 Å². The molecule has 0 bridgehead atoms. The minimum Gasteiger partial charge on any atom is -0.329 e. The van der Waals surface area contributed by atoms with Gasteiger partial charge in [0.2, 0.25) is 0 Å². The molecule has 0 fully saturated rings. The summed E-state index contributed by atoms with van der Waals surface area (Å²) < 4.78 is 28.1. The molecule has 0 saturated carbocycles. The second-order valence-electron chi connectivity index (χ2n) is 2.26. The Morgan fingerprint density at radius 1 is 1.62 bits per heavy atom. The number of amides is 2. The van der Waals surface area contributed by atoms with Crippen LogP contribution < -0.4 is 11.2 Å². The minimum absolute atomic E-state index is 0.0289. The summed E-state index contributed by atoms with van der Waals surface area (Å²) in [6, 6.07) is -0.714. The van der Waals surface area contributed by atoms with Crippen molar-refractivity contribution >= 4 is 27.9 Å². The van der Waals surface area contributed by atoms with Crippen LogP contribution in [0.2, 0.25) is 0 Å². The molecule has 0 unspecified atom stereocenters. The molecule has 0 aliphatic heterocycles. The lowest BCUT2D eigenvalue weighted by molar-refractivity contribution is 0.226. The van der Waals surface area contributed by atoms with E-state index in [2.05, 4.69) is 5.29 Å². The van der Waals surface area contributed by atoms with Crippen LogP contribution in [0.3, 0.4) is 0 Å². The Kier molecular flexibility index (Phi) is 10.1. The summed E-state index contributed by atoms with van der Waals surface area (Å²) in [4.78, 5) is 19.7. The zero-order valence-electron chi connectivity index (χ0n) is 8.46. The van der Waals surface area contributed by atoms with E-state index in [0.717, 1.165) is 4.42 Å². The Bertz CT molecular complexity index is 308. The lowest BCUT2D eigenvalue weighted by Gasteiger charge is -2.06. The van der Waals surface area contributed by atoms with E-state index >= 15 is 0 Å². The first kappa shape index (κ1) is 17.4. The van der Waals surface area contributed by atoms with Gasteiger partial charge in [-0.1, -0.05) is 0 Å². The minimum atomic E-state index is -3.80. The van der Waals surface area contributed by atoms with E-state index in [1.54, 1.807) is 12.3 Å². The van der Waals surface area contributed by atoms with Crippen LogP contribution in [0.25, 0.3) is 0 Å². The van der Waals surface area contributed by atoms with Gasteiger partial charge in [-0.25, -0.2) is 9.21 Å². The van der Waals surface area contributed by atoms with Crippen LogP contribution in [-0.4, -0.2) is 42.3 Å². The topological polar surface area (TPSA) is 142 Å². The number of rotatable bonds is 4. The summed E-state index contributed by atoms with van der Waals surface area (Å²) in [5, 5.41) is 2.13. The number of nitrogens with one attached hydrogen (secondary N) is 1. The molecule has 0 atom stereocenters. The fourth-order valence-corrected chi connectivity index (χ4v) is 0.721. The molecule has 2 amide bonds. The van der Waals surface area contributed by atoms with Gasteiger partial charge in [-0.05, 0) is 6.92 Å². The van der Waals surface area contributed by atoms with Crippen molar-refractivity contribution in [3.8, 4) is 0 Å². The van der Waals surface area contributed by atoms with Crippen molar-refractivity contribution in [2.75, 3.05) is 18.8 Å². The van der Waals surface area contributed by atoms with Crippen molar-refractivity contribution in [3.63, 3.8) is 0 Å². The molecule has 0 heterocycles. The SMILES string of the molecule is CCN(Cl)C(=O)NN=O.NCCS(=O)(=O)O. The van der Waals surface area contributed by atoms with Gasteiger partial charge in [0.15, 0.2) is 0 Å². The van der Waals surface area contributed by atoms with E-state index in [4.69, 9.17) is 22.1 Å². The van der Waals surface area contributed by atoms with Crippen molar-refractivity contribution in [1.82, 2.24) is 9.84 Å². The summed E-state index contributed by atoms with van der Waals surface area (Å²) in [6.45, 7) is 1.96. The average molecular weight is 277 g/mol. The van der Waals surface area contributed by atoms with Crippen LogP contribution in [0, 0.1) is 4.91 Å². The summed E-state index contributed by atoms with van der Waals surface area (Å²) in [7, 11) is -3.80. The number of nitroso groups, excluding NO2 is 1. The maximum atomic E-state index is 10.4. The molecule has 4 N–H and O–H groups in total. The van der Waals surface area contributed by atoms with Gasteiger partial charge in [0, 0.05) is 24.9 Å². The standard InChI is InChI=1S/C3H6ClN3O2.C2H7NO3S/c1-2-7(4)3(8)5-6-9;3-1-2-7(4,5)6/h2H2,1H3,(H,5,8,9);1-3H2,(H,4,5,6). The highest BCUT2D eigenvalue weighted by molar-refractivity contribution is 7.85. The van der Waals surface area contributed by atoms with Crippen LogP contribution in [0.15, 0.2) is 5.29 Å². The van der Waals surface area contributed by atoms with Gasteiger partial charge in [-0.15, -0.1) is 4.91 Å². The van der Waals surface area contributed by atoms with E-state index in [1.807, 2.05) is 0 Å². The van der Waals surface area contributed by atoms with Gasteiger partial charge in [0.05, 0.1) is 11.0 Å². The number of carbonyl (C=O) groups excluding carboxylic acids is 1. The van der Waals surface area contributed by atoms with E-state index in [0.29, 0.717) is 6.54 Å². The summed E-state index contributed by atoms with van der Waals surface area (Å²) >= 11 is 5.22. The van der Waals surface area contributed by atoms with Gasteiger partial charge >= 0.3 is 6.03 Å². The number of nitrogens with zero attached hydrogens (tertiary/aromatic N) is 2. The fourth-order valence-electron chi connectivity index (χ4n) is 0.386. The molecule has 0 spiro atoms. The van der Waals surface area contributed by atoms with Crippen molar-refractivity contribution in [2.45, 2.75) is 6.92 Å². The van der Waals surface area contributed by atoms with Gasteiger partial charge in [0.25, 0.3) is 10.1 Å². The number of urea groups is 1. The lowest BCUT2D eigenvalue weighted by atomic mass is 10.7. The summed E-state index contributed by atoms with van der Waals surface area (Å²) in [5.74, 6) is -0.354. The molecule has 0 saturated heterocycles. The molecule has 0 radical (unpaired) electrons. The number of hydrogen-bond donors (Lipinski definition) is 3. The monoisotopic (exact) mass is 276 g/mol. The fraction of sp³-hybridized carbons (Fsp3) is 0.800. The Morgan fingerprint density at radius 3 is 2.31 bits per heavy atom. The van der Waals surface area contributed by atoms with Gasteiger partial charge in [-0.3, -0.25) is 4.55 Å². The average Bonchev–Trinajstić information content (AvgIpc) is 2.16. The highest BCUT2D eigenvalue weighted by Gasteiger charge is 2.05. The maximum absolute atomic E-state index is 10.4. The highest BCUT2D eigenvalue weighted by atomic mass is 35.5. The number of halogens is 1. The van der Waals surface area contributed by atoms with Crippen LogP contribution in [0.4, 0.5) is 4.79 Å². The molecule has 0 aromatic heterocycles. The first-order valence-corrected chi connectivity index (χ1v) is 5.94. The summed E-state index contributed by atoms with van der Waals surface area (Å²) in [5.41, 5.74) is 6.40. The molecule has 16 heavy (non-hydrogen) atoms. The molecule has 96 valence electrons. The third kappa shape index (κ3) is 13.0. The number of hydrogen-bond acceptors (Lipinski definition) is 6. The van der Waals surface area contributed by atoms with Gasteiger partial charge < -0.3 is 5.73 Å². The van der Waals surface area contributed by atoms with Crippen LogP contribution in [0.5, 0.6) is 0 Å². The predicted octanol–water partition coefficient (Wildman–Crippen LogP) is -0.314. The van der Waals surface area contributed by atoms with Gasteiger partial charge in [0.1, 0.15) is 0 Å². The molecular weight excluding hydrogens is 264 g/mol. The van der Waals surface area contributed by atoms with Crippen LogP contribution in [0.1, 0.15) is 6.92 Å². The third-order valence-corrected chi connectivity index (χ3v) is 2.16. The molecule has 0 aromatic carbocycles. The first-order valence-electron chi connectivity index (χ1n) is 3.99. The Balaban J connectivity index is 0. The zero-order valence-corrected chi connectivity index (χ0v) is 10.0. The number of carbonyl (C=O) groups is 1. The third-order valence-electron chi connectivity index (χ3n) is 1.02. The molecule has 9 nitrogen and oxygen atoms in total. The van der Waals surface area contributed by atoms with Crippen molar-refractivity contribution in [3.05, 3.63) is 4.91 Å². The van der Waals surface area contributed by atoms with Crippen molar-refractivity contribution in [1.29, 1.82) is 0 Å². The molecular formula is C5H13ClN4O5S. The molecule has 0 aliphatic carbocycles. The second-order valence-corrected chi connectivity index (χ2v) is 4.24. The number of nitrogens with two attached hydrogens (primary N) is 1. The van der Waals surface area contributed by atoms with E-state index in [9.17, 15) is 18.1 Å². The Morgan fingerprint density at radius 2 is 2.12 bits per heavy atom. The molecule has 11 heteroatoms. The molecule has 0 rings (SSSR count). The zero-order chi connectivity index (χ0) is 13.2. The van der Waals surface area contributed by atoms with Crippen molar-refractivity contribution < 1.29 is 17.8 Å². The Labute approximate surface area is 97.7 Å². The van der Waals surface area contributed by atoms with Crippen LogP contribution >= 0.6 is 11.8 Å². The van der Waals surface area contributed by atoms with E-state index < -0.39 is 16.1 Å². The molecule has 0 aliphatic rings.